The number of halogens is 1. The molecule has 3 heteroatoms. The van der Waals surface area contributed by atoms with E-state index in [-0.39, 0.29) is 5.95 Å². The number of hydrogen-bond acceptors (Lipinski definition) is 1. The Morgan fingerprint density at radius 1 is 1.78 bits per heavy atom. The van der Waals surface area contributed by atoms with Gasteiger partial charge in [-0.1, -0.05) is 6.92 Å². The summed E-state index contributed by atoms with van der Waals surface area (Å²) >= 11 is 0. The van der Waals surface area contributed by atoms with Gasteiger partial charge in [-0.25, -0.2) is 0 Å². The monoisotopic (exact) mass is 128 g/mol. The minimum atomic E-state index is -0.347. The fourth-order valence-corrected chi connectivity index (χ4v) is 0.748. The second-order valence-electron chi connectivity index (χ2n) is 1.97. The van der Waals surface area contributed by atoms with Gasteiger partial charge in [-0.3, -0.25) is 4.68 Å². The zero-order valence-corrected chi connectivity index (χ0v) is 5.56. The van der Waals surface area contributed by atoms with Crippen molar-refractivity contribution in [3.63, 3.8) is 0 Å². The Labute approximate surface area is 53.3 Å². The van der Waals surface area contributed by atoms with Crippen LogP contribution in [0.2, 0.25) is 0 Å². The molecule has 0 aliphatic rings. The highest BCUT2D eigenvalue weighted by atomic mass is 19.1. The van der Waals surface area contributed by atoms with E-state index in [1.165, 1.54) is 4.68 Å². The first kappa shape index (κ1) is 6.26. The van der Waals surface area contributed by atoms with Gasteiger partial charge in [0.15, 0.2) is 0 Å². The molecule has 0 amide bonds. The zero-order chi connectivity index (χ0) is 6.85. The first-order chi connectivity index (χ1) is 4.24. The molecule has 0 aliphatic carbocycles. The van der Waals surface area contributed by atoms with Crippen LogP contribution < -0.4 is 0 Å². The molecule has 9 heavy (non-hydrogen) atoms. The Bertz CT molecular complexity index is 205. The van der Waals surface area contributed by atoms with Crippen LogP contribution in [-0.4, -0.2) is 9.78 Å². The molecule has 0 N–H and O–H groups in total. The predicted octanol–water partition coefficient (Wildman–Crippen LogP) is 1.12. The molecule has 1 aromatic heterocycles. The van der Waals surface area contributed by atoms with Gasteiger partial charge in [0, 0.05) is 18.8 Å². The van der Waals surface area contributed by atoms with E-state index in [1.807, 2.05) is 6.92 Å². The first-order valence-corrected chi connectivity index (χ1v) is 2.92. The van der Waals surface area contributed by atoms with Crippen molar-refractivity contribution in [2.45, 2.75) is 13.3 Å². The van der Waals surface area contributed by atoms with Crippen LogP contribution in [0, 0.1) is 5.95 Å². The lowest BCUT2D eigenvalue weighted by atomic mass is 10.3. The van der Waals surface area contributed by atoms with Crippen LogP contribution in [0.1, 0.15) is 12.5 Å². The molecule has 0 aromatic carbocycles. The van der Waals surface area contributed by atoms with Crippen LogP contribution in [-0.2, 0) is 13.5 Å². The molecule has 1 rings (SSSR count). The third-order valence-electron chi connectivity index (χ3n) is 1.23. The van der Waals surface area contributed by atoms with Crippen molar-refractivity contribution in [2.24, 2.45) is 7.05 Å². The summed E-state index contributed by atoms with van der Waals surface area (Å²) in [6, 6.07) is 0. The Balaban J connectivity index is 3.01. The van der Waals surface area contributed by atoms with Crippen molar-refractivity contribution in [3.8, 4) is 0 Å². The van der Waals surface area contributed by atoms with E-state index in [0.29, 0.717) is 12.0 Å². The summed E-state index contributed by atoms with van der Waals surface area (Å²) in [5, 5.41) is 3.53. The third-order valence-corrected chi connectivity index (χ3v) is 1.23. The largest absolute Gasteiger partial charge is 0.273 e. The SMILES string of the molecule is CCc1cn(C)nc1F. The quantitative estimate of drug-likeness (QED) is 0.554. The number of nitrogens with zero attached hydrogens (tertiary/aromatic N) is 2. The molecule has 0 bridgehead atoms. The highest BCUT2D eigenvalue weighted by molar-refractivity contribution is 5.05. The molecule has 0 fully saturated rings. The standard InChI is InChI=1S/C6H9FN2/c1-3-5-4-9(2)8-6(5)7/h4H,3H2,1-2H3. The maximum atomic E-state index is 12.5. The van der Waals surface area contributed by atoms with Crippen molar-refractivity contribution in [3.05, 3.63) is 17.7 Å². The van der Waals surface area contributed by atoms with Crippen LogP contribution in [0.5, 0.6) is 0 Å². The van der Waals surface area contributed by atoms with Crippen molar-refractivity contribution in [1.29, 1.82) is 0 Å². The summed E-state index contributed by atoms with van der Waals surface area (Å²) < 4.78 is 14.0. The Kier molecular flexibility index (Phi) is 1.51. The van der Waals surface area contributed by atoms with Crippen molar-refractivity contribution >= 4 is 0 Å². The summed E-state index contributed by atoms with van der Waals surface area (Å²) in [6.45, 7) is 1.90. The van der Waals surface area contributed by atoms with Gasteiger partial charge in [-0.15, -0.1) is 5.10 Å². The second-order valence-corrected chi connectivity index (χ2v) is 1.97. The minimum Gasteiger partial charge on any atom is -0.273 e. The van der Waals surface area contributed by atoms with Crippen LogP contribution in [0.15, 0.2) is 6.20 Å². The van der Waals surface area contributed by atoms with Crippen molar-refractivity contribution < 1.29 is 4.39 Å². The van der Waals surface area contributed by atoms with E-state index in [4.69, 9.17) is 0 Å². The smallest absolute Gasteiger partial charge is 0.235 e. The van der Waals surface area contributed by atoms with Gasteiger partial charge < -0.3 is 0 Å². The third kappa shape index (κ3) is 1.09. The van der Waals surface area contributed by atoms with Gasteiger partial charge in [-0.05, 0) is 6.42 Å². The van der Waals surface area contributed by atoms with Crippen LogP contribution in [0.25, 0.3) is 0 Å². The average Bonchev–Trinajstić information content (AvgIpc) is 2.10. The normalized spacial score (nSPS) is 10.1. The molecule has 0 radical (unpaired) electrons. The molecule has 2 nitrogen and oxygen atoms in total. The van der Waals surface area contributed by atoms with Gasteiger partial charge in [0.25, 0.3) is 0 Å². The lowest BCUT2D eigenvalue weighted by molar-refractivity contribution is 0.545. The molecule has 1 heterocycles. The molecular weight excluding hydrogens is 119 g/mol. The molecule has 0 unspecified atom stereocenters. The molecule has 0 saturated carbocycles. The summed E-state index contributed by atoms with van der Waals surface area (Å²) in [6.07, 6.45) is 2.40. The summed E-state index contributed by atoms with van der Waals surface area (Å²) in [5.74, 6) is -0.347. The van der Waals surface area contributed by atoms with E-state index < -0.39 is 0 Å². The van der Waals surface area contributed by atoms with Gasteiger partial charge >= 0.3 is 0 Å². The second kappa shape index (κ2) is 2.17. The summed E-state index contributed by atoms with van der Waals surface area (Å²) in [7, 11) is 1.71. The highest BCUT2D eigenvalue weighted by Crippen LogP contribution is 2.02. The molecule has 0 spiro atoms. The number of rotatable bonds is 1. The first-order valence-electron chi connectivity index (χ1n) is 2.92. The van der Waals surface area contributed by atoms with E-state index in [0.717, 1.165) is 0 Å². The van der Waals surface area contributed by atoms with Crippen molar-refractivity contribution in [2.75, 3.05) is 0 Å². The maximum absolute atomic E-state index is 12.5. The van der Waals surface area contributed by atoms with E-state index >= 15 is 0 Å². The fourth-order valence-electron chi connectivity index (χ4n) is 0.748. The van der Waals surface area contributed by atoms with Crippen LogP contribution in [0.4, 0.5) is 4.39 Å². The lowest BCUT2D eigenvalue weighted by Gasteiger charge is -1.82. The van der Waals surface area contributed by atoms with Gasteiger partial charge in [0.2, 0.25) is 5.95 Å². The zero-order valence-electron chi connectivity index (χ0n) is 5.56. The lowest BCUT2D eigenvalue weighted by Crippen LogP contribution is -1.86. The fraction of sp³-hybridized carbons (Fsp3) is 0.500. The Morgan fingerprint density at radius 3 is 2.67 bits per heavy atom. The average molecular weight is 128 g/mol. The molecule has 50 valence electrons. The minimum absolute atomic E-state index is 0.347. The van der Waals surface area contributed by atoms with E-state index in [2.05, 4.69) is 5.10 Å². The summed E-state index contributed by atoms with van der Waals surface area (Å²) in [4.78, 5) is 0. The van der Waals surface area contributed by atoms with Gasteiger partial charge in [-0.2, -0.15) is 4.39 Å². The Morgan fingerprint density at radius 2 is 2.44 bits per heavy atom. The number of hydrogen-bond donors (Lipinski definition) is 0. The highest BCUT2D eigenvalue weighted by Gasteiger charge is 2.01. The predicted molar refractivity (Wildman–Crippen MR) is 32.5 cm³/mol. The maximum Gasteiger partial charge on any atom is 0.235 e. The Hall–Kier alpha value is -0.860. The van der Waals surface area contributed by atoms with Crippen molar-refractivity contribution in [1.82, 2.24) is 9.78 Å². The van der Waals surface area contributed by atoms with E-state index in [1.54, 1.807) is 13.2 Å². The van der Waals surface area contributed by atoms with Gasteiger partial charge in [0.05, 0.1) is 0 Å². The number of aryl methyl sites for hydroxylation is 2. The van der Waals surface area contributed by atoms with Crippen LogP contribution in [0.3, 0.4) is 0 Å². The summed E-state index contributed by atoms with van der Waals surface area (Å²) in [5.41, 5.74) is 0.678. The van der Waals surface area contributed by atoms with Crippen LogP contribution >= 0.6 is 0 Å². The number of aromatic nitrogens is 2. The molecular formula is C6H9FN2. The molecule has 0 saturated heterocycles. The van der Waals surface area contributed by atoms with E-state index in [9.17, 15) is 4.39 Å². The molecule has 0 aliphatic heterocycles. The molecule has 0 atom stereocenters. The topological polar surface area (TPSA) is 17.8 Å². The molecule has 1 aromatic rings. The van der Waals surface area contributed by atoms with Gasteiger partial charge in [0.1, 0.15) is 0 Å².